The van der Waals surface area contributed by atoms with E-state index in [1.54, 1.807) is 0 Å². The third-order valence-electron chi connectivity index (χ3n) is 4.02. The van der Waals surface area contributed by atoms with Crippen LogP contribution in [0.25, 0.3) is 0 Å². The second-order valence-corrected chi connectivity index (χ2v) is 4.58. The summed E-state index contributed by atoms with van der Waals surface area (Å²) >= 11 is 0. The quantitative estimate of drug-likeness (QED) is 0.693. The highest BCUT2D eigenvalue weighted by Gasteiger charge is 2.47. The van der Waals surface area contributed by atoms with Gasteiger partial charge in [-0.1, -0.05) is 6.92 Å². The lowest BCUT2D eigenvalue weighted by atomic mass is 9.76. The Bertz CT molecular complexity index is 263. The summed E-state index contributed by atoms with van der Waals surface area (Å²) in [5.41, 5.74) is 6.19. The maximum atomic E-state index is 5.97. The summed E-state index contributed by atoms with van der Waals surface area (Å²) in [4.78, 5) is 6.78. The molecule has 0 aromatic carbocycles. The minimum atomic E-state index is 0.221. The third kappa shape index (κ3) is 1.51. The third-order valence-corrected chi connectivity index (χ3v) is 4.02. The van der Waals surface area contributed by atoms with E-state index in [0.717, 1.165) is 32.1 Å². The van der Waals surface area contributed by atoms with E-state index < -0.39 is 0 Å². The number of nitrogens with one attached hydrogen (secondary N) is 1. The first-order valence-electron chi connectivity index (χ1n) is 6.03. The van der Waals surface area contributed by atoms with Crippen molar-refractivity contribution in [1.29, 1.82) is 0 Å². The van der Waals surface area contributed by atoms with Crippen molar-refractivity contribution in [2.75, 3.05) is 26.2 Å². The fourth-order valence-corrected chi connectivity index (χ4v) is 3.16. The van der Waals surface area contributed by atoms with E-state index in [1.165, 1.54) is 12.8 Å². The largest absolute Gasteiger partial charge is 0.370 e. The van der Waals surface area contributed by atoms with Gasteiger partial charge in [-0.3, -0.25) is 4.99 Å². The number of rotatable bonds is 2. The normalized spacial score (nSPS) is 36.0. The highest BCUT2D eigenvalue weighted by molar-refractivity contribution is 5.81. The van der Waals surface area contributed by atoms with Crippen LogP contribution >= 0.6 is 0 Å². The minimum Gasteiger partial charge on any atom is -0.370 e. The van der Waals surface area contributed by atoms with E-state index in [4.69, 9.17) is 5.73 Å². The number of aliphatic imine (C=N–C) groups is 1. The summed E-state index contributed by atoms with van der Waals surface area (Å²) in [6.07, 6.45) is 2.37. The number of nitrogens with zero attached hydrogens (tertiary/aromatic N) is 2. The second kappa shape index (κ2) is 4.00. The van der Waals surface area contributed by atoms with Crippen LogP contribution in [0, 0.1) is 5.92 Å². The van der Waals surface area contributed by atoms with E-state index in [-0.39, 0.29) is 5.54 Å². The van der Waals surface area contributed by atoms with Gasteiger partial charge in [0.2, 0.25) is 0 Å². The molecule has 2 unspecified atom stereocenters. The summed E-state index contributed by atoms with van der Waals surface area (Å²) in [5, 5.41) is 3.48. The Morgan fingerprint density at radius 3 is 3.07 bits per heavy atom. The van der Waals surface area contributed by atoms with Crippen LogP contribution in [-0.4, -0.2) is 42.6 Å². The van der Waals surface area contributed by atoms with Gasteiger partial charge in [-0.2, -0.15) is 0 Å². The maximum Gasteiger partial charge on any atom is 0.191 e. The van der Waals surface area contributed by atoms with Gasteiger partial charge in [-0.25, -0.2) is 0 Å². The van der Waals surface area contributed by atoms with E-state index in [0.29, 0.717) is 5.92 Å². The van der Waals surface area contributed by atoms with Crippen LogP contribution in [-0.2, 0) is 0 Å². The molecule has 2 rings (SSSR count). The van der Waals surface area contributed by atoms with Gasteiger partial charge >= 0.3 is 0 Å². The molecule has 1 fully saturated rings. The van der Waals surface area contributed by atoms with E-state index in [1.807, 2.05) is 0 Å². The topological polar surface area (TPSA) is 53.6 Å². The highest BCUT2D eigenvalue weighted by atomic mass is 15.4. The summed E-state index contributed by atoms with van der Waals surface area (Å²) in [7, 11) is 0. The lowest BCUT2D eigenvalue weighted by Gasteiger charge is -2.47. The Morgan fingerprint density at radius 2 is 2.40 bits per heavy atom. The van der Waals surface area contributed by atoms with Crippen molar-refractivity contribution in [1.82, 2.24) is 10.2 Å². The van der Waals surface area contributed by atoms with Crippen molar-refractivity contribution in [3.8, 4) is 0 Å². The van der Waals surface area contributed by atoms with Crippen molar-refractivity contribution in [2.24, 2.45) is 16.6 Å². The SMILES string of the molecule is CCC1CNCCC12CN=C(N)N2CC. The molecule has 0 saturated carbocycles. The number of nitrogens with two attached hydrogens (primary N) is 1. The molecule has 0 aliphatic carbocycles. The molecule has 1 spiro atoms. The van der Waals surface area contributed by atoms with E-state index in [2.05, 4.69) is 29.1 Å². The lowest BCUT2D eigenvalue weighted by molar-refractivity contribution is 0.0841. The Labute approximate surface area is 91.9 Å². The Morgan fingerprint density at radius 1 is 1.60 bits per heavy atom. The molecule has 4 nitrogen and oxygen atoms in total. The predicted molar refractivity (Wildman–Crippen MR) is 62.9 cm³/mol. The van der Waals surface area contributed by atoms with E-state index in [9.17, 15) is 0 Å². The standard InChI is InChI=1S/C11H22N4/c1-3-9-7-13-6-5-11(9)8-14-10(12)15(11)4-2/h9,13H,3-8H2,1-2H3,(H2,12,14). The molecule has 86 valence electrons. The maximum absolute atomic E-state index is 5.97. The van der Waals surface area contributed by atoms with Gasteiger partial charge in [-0.05, 0) is 32.2 Å². The molecule has 2 atom stereocenters. The molecule has 1 saturated heterocycles. The molecule has 0 bridgehead atoms. The van der Waals surface area contributed by atoms with E-state index >= 15 is 0 Å². The van der Waals surface area contributed by atoms with Gasteiger partial charge in [0.15, 0.2) is 5.96 Å². The minimum absolute atomic E-state index is 0.221. The fraction of sp³-hybridized carbons (Fsp3) is 0.909. The second-order valence-electron chi connectivity index (χ2n) is 4.58. The van der Waals surface area contributed by atoms with Crippen molar-refractivity contribution in [2.45, 2.75) is 32.2 Å². The molecule has 4 heteroatoms. The van der Waals surface area contributed by atoms with Gasteiger partial charge in [-0.15, -0.1) is 0 Å². The number of hydrogen-bond donors (Lipinski definition) is 2. The molecule has 15 heavy (non-hydrogen) atoms. The first-order chi connectivity index (χ1) is 7.24. The van der Waals surface area contributed by atoms with Gasteiger partial charge in [0.1, 0.15) is 0 Å². The smallest absolute Gasteiger partial charge is 0.191 e. The van der Waals surface area contributed by atoms with Crippen LogP contribution < -0.4 is 11.1 Å². The molecule has 0 amide bonds. The van der Waals surface area contributed by atoms with Crippen molar-refractivity contribution >= 4 is 5.96 Å². The zero-order valence-corrected chi connectivity index (χ0v) is 9.79. The molecule has 2 heterocycles. The van der Waals surface area contributed by atoms with Crippen LogP contribution in [0.15, 0.2) is 4.99 Å². The Kier molecular flexibility index (Phi) is 2.87. The number of piperidine rings is 1. The molecular formula is C11H22N4. The molecule has 0 aromatic heterocycles. The van der Waals surface area contributed by atoms with Crippen molar-refractivity contribution in [3.63, 3.8) is 0 Å². The van der Waals surface area contributed by atoms with Gasteiger partial charge in [0.25, 0.3) is 0 Å². The highest BCUT2D eigenvalue weighted by Crippen LogP contribution is 2.36. The Hall–Kier alpha value is -0.770. The average molecular weight is 210 g/mol. The number of likely N-dealkylation sites (N-methyl/N-ethyl adjacent to an activating group) is 1. The number of guanidine groups is 1. The lowest BCUT2D eigenvalue weighted by Crippen LogP contribution is -2.61. The average Bonchev–Trinajstić information content (AvgIpc) is 2.57. The summed E-state index contributed by atoms with van der Waals surface area (Å²) in [5.74, 6) is 1.42. The summed E-state index contributed by atoms with van der Waals surface area (Å²) in [6.45, 7) is 8.51. The van der Waals surface area contributed by atoms with Gasteiger partial charge in [0, 0.05) is 13.1 Å². The summed E-state index contributed by atoms with van der Waals surface area (Å²) in [6, 6.07) is 0. The van der Waals surface area contributed by atoms with Gasteiger partial charge < -0.3 is 16.0 Å². The molecule has 0 aromatic rings. The zero-order valence-electron chi connectivity index (χ0n) is 9.79. The van der Waals surface area contributed by atoms with Crippen LogP contribution in [0.1, 0.15) is 26.7 Å². The van der Waals surface area contributed by atoms with Crippen molar-refractivity contribution < 1.29 is 0 Å². The molecule has 0 radical (unpaired) electrons. The summed E-state index contributed by atoms with van der Waals surface area (Å²) < 4.78 is 0. The molecule has 3 N–H and O–H groups in total. The predicted octanol–water partition coefficient (Wildman–Crippen LogP) is 0.395. The molecule has 2 aliphatic heterocycles. The van der Waals surface area contributed by atoms with Crippen LogP contribution in [0.2, 0.25) is 0 Å². The van der Waals surface area contributed by atoms with Crippen LogP contribution in [0.5, 0.6) is 0 Å². The molecular weight excluding hydrogens is 188 g/mol. The first kappa shape index (κ1) is 10.7. The van der Waals surface area contributed by atoms with Crippen molar-refractivity contribution in [3.05, 3.63) is 0 Å². The fourth-order valence-electron chi connectivity index (χ4n) is 3.16. The Balaban J connectivity index is 2.23. The van der Waals surface area contributed by atoms with Crippen LogP contribution in [0.3, 0.4) is 0 Å². The first-order valence-corrected chi connectivity index (χ1v) is 6.03. The molecule has 2 aliphatic rings. The monoisotopic (exact) mass is 210 g/mol. The van der Waals surface area contributed by atoms with Gasteiger partial charge in [0.05, 0.1) is 12.1 Å². The number of hydrogen-bond acceptors (Lipinski definition) is 4. The zero-order chi connectivity index (χ0) is 10.9. The van der Waals surface area contributed by atoms with Crippen LogP contribution in [0.4, 0.5) is 0 Å².